The van der Waals surface area contributed by atoms with Crippen molar-refractivity contribution in [3.05, 3.63) is 12.2 Å². The summed E-state index contributed by atoms with van der Waals surface area (Å²) >= 11 is 0. The lowest BCUT2D eigenvalue weighted by Crippen LogP contribution is -2.59. The van der Waals surface area contributed by atoms with Crippen molar-refractivity contribution in [2.24, 2.45) is 23.7 Å². The predicted molar refractivity (Wildman–Crippen MR) is 81.8 cm³/mol. The van der Waals surface area contributed by atoms with Gasteiger partial charge in [0.05, 0.1) is 31.7 Å². The molecule has 0 aromatic carbocycles. The Bertz CT molecular complexity index is 517. The first-order valence-corrected chi connectivity index (χ1v) is 8.38. The molecule has 0 bridgehead atoms. The molecule has 3 aliphatic rings. The van der Waals surface area contributed by atoms with E-state index in [-0.39, 0.29) is 30.8 Å². The number of hydrogen-bond acceptors (Lipinski definition) is 7. The molecule has 0 radical (unpaired) electrons. The highest BCUT2D eigenvalue weighted by atomic mass is 16.7. The molecule has 24 heavy (non-hydrogen) atoms. The molecule has 7 atom stereocenters. The lowest BCUT2D eigenvalue weighted by molar-refractivity contribution is -0.279. The van der Waals surface area contributed by atoms with Crippen molar-refractivity contribution in [2.45, 2.75) is 32.3 Å². The number of rotatable bonds is 4. The minimum Gasteiger partial charge on any atom is -0.466 e. The molecule has 7 nitrogen and oxygen atoms in total. The number of ether oxygens (including phenoxy) is 5. The van der Waals surface area contributed by atoms with E-state index in [9.17, 15) is 9.59 Å². The van der Waals surface area contributed by atoms with Crippen molar-refractivity contribution >= 4 is 11.9 Å². The van der Waals surface area contributed by atoms with Gasteiger partial charge in [-0.25, -0.2) is 0 Å². The average Bonchev–Trinajstić information content (AvgIpc) is 2.56. The molecule has 7 heteroatoms. The van der Waals surface area contributed by atoms with Crippen LogP contribution in [0.25, 0.3) is 0 Å². The largest absolute Gasteiger partial charge is 0.466 e. The maximum Gasteiger partial charge on any atom is 0.310 e. The van der Waals surface area contributed by atoms with Crippen molar-refractivity contribution in [2.75, 3.05) is 26.9 Å². The second-order valence-electron chi connectivity index (χ2n) is 6.36. The summed E-state index contributed by atoms with van der Waals surface area (Å²) in [4.78, 5) is 25.1. The third-order valence-electron chi connectivity index (χ3n) is 4.89. The number of carbonyl (C=O) groups excluding carboxylic acids is 2. The number of hydrogen-bond donors (Lipinski definition) is 0. The van der Waals surface area contributed by atoms with Gasteiger partial charge in [0.2, 0.25) is 0 Å². The molecule has 2 heterocycles. The first-order chi connectivity index (χ1) is 11.6. The summed E-state index contributed by atoms with van der Waals surface area (Å²) in [6.07, 6.45) is 2.77. The van der Waals surface area contributed by atoms with Crippen LogP contribution in [0.15, 0.2) is 12.2 Å². The van der Waals surface area contributed by atoms with Crippen LogP contribution in [0.2, 0.25) is 0 Å². The highest BCUT2D eigenvalue weighted by Gasteiger charge is 2.55. The van der Waals surface area contributed by atoms with Crippen LogP contribution >= 0.6 is 0 Å². The Morgan fingerprint density at radius 3 is 2.88 bits per heavy atom. The smallest absolute Gasteiger partial charge is 0.310 e. The molecule has 3 rings (SSSR count). The average molecular weight is 340 g/mol. The van der Waals surface area contributed by atoms with Crippen molar-refractivity contribution < 1.29 is 33.3 Å². The Hall–Kier alpha value is -1.44. The van der Waals surface area contributed by atoms with Crippen molar-refractivity contribution in [1.82, 2.24) is 0 Å². The van der Waals surface area contributed by atoms with Gasteiger partial charge < -0.3 is 23.7 Å². The zero-order valence-electron chi connectivity index (χ0n) is 14.2. The third-order valence-corrected chi connectivity index (χ3v) is 4.89. The van der Waals surface area contributed by atoms with Crippen LogP contribution in [-0.2, 0) is 33.3 Å². The molecule has 0 spiro atoms. The molecule has 0 aromatic rings. The normalized spacial score (nSPS) is 41.1. The monoisotopic (exact) mass is 340 g/mol. The molecule has 0 unspecified atom stereocenters. The van der Waals surface area contributed by atoms with Crippen LogP contribution in [0, 0.1) is 23.7 Å². The Morgan fingerprint density at radius 2 is 2.17 bits per heavy atom. The van der Waals surface area contributed by atoms with Crippen LogP contribution in [0.3, 0.4) is 0 Å². The molecule has 1 aliphatic carbocycles. The Morgan fingerprint density at radius 1 is 1.38 bits per heavy atom. The molecule has 134 valence electrons. The molecule has 0 amide bonds. The van der Waals surface area contributed by atoms with Crippen LogP contribution in [-0.4, -0.2) is 57.4 Å². The minimum absolute atomic E-state index is 0.225. The standard InChI is InChI=1S/C17H24O7/c1-4-21-16(18)13-10(7-20-3)5-6-11-14(13)17(19)24-12-8-22-9(2)23-15(11)12/h5-6,9-15H,4,7-8H2,1-3H3/t9-,10-,11-,12-,13-,14-,15+/m1/s1. The quantitative estimate of drug-likeness (QED) is 0.556. The van der Waals surface area contributed by atoms with Gasteiger partial charge in [0.1, 0.15) is 6.10 Å². The van der Waals surface area contributed by atoms with Gasteiger partial charge >= 0.3 is 11.9 Å². The molecule has 0 N–H and O–H groups in total. The number of esters is 2. The summed E-state index contributed by atoms with van der Waals surface area (Å²) in [6, 6.07) is 0. The maximum atomic E-state index is 12.6. The maximum absolute atomic E-state index is 12.6. The first-order valence-electron chi connectivity index (χ1n) is 8.38. The summed E-state index contributed by atoms with van der Waals surface area (Å²) in [5, 5.41) is 0. The topological polar surface area (TPSA) is 80.3 Å². The highest BCUT2D eigenvalue weighted by Crippen LogP contribution is 2.44. The van der Waals surface area contributed by atoms with Gasteiger partial charge in [-0.15, -0.1) is 0 Å². The van der Waals surface area contributed by atoms with E-state index < -0.39 is 29.9 Å². The van der Waals surface area contributed by atoms with Gasteiger partial charge in [-0.3, -0.25) is 9.59 Å². The van der Waals surface area contributed by atoms with E-state index in [2.05, 4.69) is 0 Å². The van der Waals surface area contributed by atoms with E-state index in [1.165, 1.54) is 0 Å². The van der Waals surface area contributed by atoms with Gasteiger partial charge in [-0.2, -0.15) is 0 Å². The number of carbonyl (C=O) groups is 2. The fraction of sp³-hybridized carbons (Fsp3) is 0.765. The first kappa shape index (κ1) is 17.4. The predicted octanol–water partition coefficient (Wildman–Crippen LogP) is 0.917. The summed E-state index contributed by atoms with van der Waals surface area (Å²) < 4.78 is 27.2. The van der Waals surface area contributed by atoms with Crippen LogP contribution in [0.4, 0.5) is 0 Å². The second kappa shape index (κ2) is 7.21. The second-order valence-corrected chi connectivity index (χ2v) is 6.36. The van der Waals surface area contributed by atoms with E-state index in [0.717, 1.165) is 0 Å². The summed E-state index contributed by atoms with van der Waals surface area (Å²) in [7, 11) is 1.57. The van der Waals surface area contributed by atoms with Gasteiger partial charge in [0, 0.05) is 18.9 Å². The van der Waals surface area contributed by atoms with Crippen LogP contribution < -0.4 is 0 Å². The SMILES string of the molecule is CCOC(=O)[C@H]1[C@@H]2C(=O)O[C@@H]3CO[C@@H](C)O[C@H]3[C@@H]2C=C[C@@H]1COC. The molecule has 0 aromatic heterocycles. The summed E-state index contributed by atoms with van der Waals surface area (Å²) in [6.45, 7) is 4.46. The summed E-state index contributed by atoms with van der Waals surface area (Å²) in [5.41, 5.74) is 0. The molecular formula is C17H24O7. The van der Waals surface area contributed by atoms with Gasteiger partial charge in [-0.05, 0) is 13.8 Å². The molecule has 0 saturated carbocycles. The van der Waals surface area contributed by atoms with E-state index in [1.807, 2.05) is 19.1 Å². The van der Waals surface area contributed by atoms with Crippen molar-refractivity contribution in [3.63, 3.8) is 0 Å². The van der Waals surface area contributed by atoms with Gasteiger partial charge in [0.15, 0.2) is 12.4 Å². The van der Waals surface area contributed by atoms with E-state index in [4.69, 9.17) is 23.7 Å². The van der Waals surface area contributed by atoms with Crippen LogP contribution in [0.1, 0.15) is 13.8 Å². The Balaban J connectivity index is 1.92. The minimum atomic E-state index is -0.630. The van der Waals surface area contributed by atoms with Crippen molar-refractivity contribution in [1.29, 1.82) is 0 Å². The molecule has 2 aliphatic heterocycles. The zero-order chi connectivity index (χ0) is 17.3. The van der Waals surface area contributed by atoms with E-state index in [1.54, 1.807) is 14.0 Å². The van der Waals surface area contributed by atoms with Gasteiger partial charge in [-0.1, -0.05) is 12.2 Å². The Kier molecular flexibility index (Phi) is 5.22. The van der Waals surface area contributed by atoms with E-state index in [0.29, 0.717) is 13.2 Å². The Labute approximate surface area is 141 Å². The zero-order valence-corrected chi connectivity index (χ0v) is 14.2. The fourth-order valence-corrected chi connectivity index (χ4v) is 3.89. The number of fused-ring (bicyclic) bond motifs is 3. The summed E-state index contributed by atoms with van der Waals surface area (Å²) in [5.74, 6) is -2.50. The number of methoxy groups -OCH3 is 1. The van der Waals surface area contributed by atoms with E-state index >= 15 is 0 Å². The lowest BCUT2D eigenvalue weighted by Gasteiger charge is -2.48. The van der Waals surface area contributed by atoms with Crippen molar-refractivity contribution in [3.8, 4) is 0 Å². The van der Waals surface area contributed by atoms with Gasteiger partial charge in [0.25, 0.3) is 0 Å². The lowest BCUT2D eigenvalue weighted by atomic mass is 9.67. The molecular weight excluding hydrogens is 316 g/mol. The molecule has 2 fully saturated rings. The highest BCUT2D eigenvalue weighted by molar-refractivity contribution is 5.84. The molecule has 2 saturated heterocycles. The third kappa shape index (κ3) is 3.08. The van der Waals surface area contributed by atoms with Crippen LogP contribution in [0.5, 0.6) is 0 Å². The fourth-order valence-electron chi connectivity index (χ4n) is 3.89.